The third-order valence-corrected chi connectivity index (χ3v) is 3.24. The van der Waals surface area contributed by atoms with Gasteiger partial charge in [-0.05, 0) is 24.3 Å². The van der Waals surface area contributed by atoms with Crippen LogP contribution >= 0.6 is 11.8 Å². The van der Waals surface area contributed by atoms with Crippen molar-refractivity contribution >= 4 is 17.6 Å². The maximum atomic E-state index is 12.3. The van der Waals surface area contributed by atoms with Crippen LogP contribution in [0.2, 0.25) is 0 Å². The molecular weight excluding hydrogens is 275 g/mol. The normalized spacial score (nSPS) is 11.5. The smallest absolute Gasteiger partial charge is 0.384 e. The molecule has 2 aromatic heterocycles. The zero-order valence-electron chi connectivity index (χ0n) is 9.69. The molecule has 0 fully saturated rings. The van der Waals surface area contributed by atoms with Gasteiger partial charge in [0.05, 0.1) is 16.3 Å². The second-order valence-electron chi connectivity index (χ2n) is 3.73. The van der Waals surface area contributed by atoms with Gasteiger partial charge in [0.1, 0.15) is 5.82 Å². The molecule has 0 radical (unpaired) electrons. The number of anilines is 1. The van der Waals surface area contributed by atoms with Crippen molar-refractivity contribution in [2.45, 2.75) is 17.0 Å². The Hall–Kier alpha value is -1.76. The van der Waals surface area contributed by atoms with Gasteiger partial charge < -0.3 is 5.73 Å². The predicted molar refractivity (Wildman–Crippen MR) is 67.4 cm³/mol. The van der Waals surface area contributed by atoms with E-state index in [0.29, 0.717) is 16.6 Å². The van der Waals surface area contributed by atoms with E-state index in [4.69, 9.17) is 5.73 Å². The summed E-state index contributed by atoms with van der Waals surface area (Å²) in [4.78, 5) is 7.86. The van der Waals surface area contributed by atoms with Gasteiger partial charge in [-0.1, -0.05) is 6.07 Å². The molecule has 7 heteroatoms. The Morgan fingerprint density at radius 3 is 2.53 bits per heavy atom. The summed E-state index contributed by atoms with van der Waals surface area (Å²) in [5, 5.41) is 0.511. The molecule has 0 saturated heterocycles. The number of pyridine rings is 2. The highest BCUT2D eigenvalue weighted by atomic mass is 32.2. The van der Waals surface area contributed by atoms with Crippen LogP contribution in [0.15, 0.2) is 41.6 Å². The molecule has 0 aliphatic heterocycles. The van der Waals surface area contributed by atoms with Crippen molar-refractivity contribution in [3.63, 3.8) is 0 Å². The highest BCUT2D eigenvalue weighted by Gasteiger charge is 2.30. The van der Waals surface area contributed by atoms with Gasteiger partial charge in [0.15, 0.2) is 0 Å². The largest absolute Gasteiger partial charge is 0.417 e. The number of rotatable bonds is 3. The van der Waals surface area contributed by atoms with Gasteiger partial charge in [0, 0.05) is 11.9 Å². The summed E-state index contributed by atoms with van der Waals surface area (Å²) in [7, 11) is 0. The molecule has 2 aromatic rings. The zero-order chi connectivity index (χ0) is 13.9. The molecule has 0 amide bonds. The molecule has 0 aliphatic carbocycles. The molecule has 0 spiro atoms. The standard InChI is InChI=1S/C12H10F3N3S/c13-12(14,15)8-4-5-11(17-6-8)19-7-9-2-1-3-10(16)18-9/h1-6H,7H2,(H2,16,18). The minimum absolute atomic E-state index is 0.415. The lowest BCUT2D eigenvalue weighted by Gasteiger charge is -2.06. The molecule has 2 N–H and O–H groups in total. The molecule has 2 rings (SSSR count). The maximum absolute atomic E-state index is 12.3. The van der Waals surface area contributed by atoms with Gasteiger partial charge in [-0.2, -0.15) is 13.2 Å². The number of thioether (sulfide) groups is 1. The van der Waals surface area contributed by atoms with E-state index in [1.54, 1.807) is 18.2 Å². The number of nitrogens with zero attached hydrogens (tertiary/aromatic N) is 2. The third-order valence-electron chi connectivity index (χ3n) is 2.26. The van der Waals surface area contributed by atoms with Crippen LogP contribution in [0, 0.1) is 0 Å². The fourth-order valence-corrected chi connectivity index (χ4v) is 2.11. The highest BCUT2D eigenvalue weighted by Crippen LogP contribution is 2.30. The van der Waals surface area contributed by atoms with Crippen molar-refractivity contribution in [2.75, 3.05) is 5.73 Å². The van der Waals surface area contributed by atoms with Gasteiger partial charge in [0.2, 0.25) is 0 Å². The molecule has 100 valence electrons. The van der Waals surface area contributed by atoms with Crippen molar-refractivity contribution in [3.8, 4) is 0 Å². The van der Waals surface area contributed by atoms with E-state index in [0.717, 1.165) is 18.0 Å². The Labute approximate surface area is 112 Å². The molecule has 3 nitrogen and oxygen atoms in total. The van der Waals surface area contributed by atoms with E-state index in [-0.39, 0.29) is 0 Å². The topological polar surface area (TPSA) is 51.8 Å². The highest BCUT2D eigenvalue weighted by molar-refractivity contribution is 7.98. The van der Waals surface area contributed by atoms with Crippen LogP contribution in [0.5, 0.6) is 0 Å². The molecule has 0 aromatic carbocycles. The monoisotopic (exact) mass is 285 g/mol. The summed E-state index contributed by atoms with van der Waals surface area (Å²) in [5.74, 6) is 0.919. The summed E-state index contributed by atoms with van der Waals surface area (Å²) >= 11 is 1.31. The molecule has 0 aliphatic rings. The Morgan fingerprint density at radius 1 is 1.16 bits per heavy atom. The average Bonchev–Trinajstić information content (AvgIpc) is 2.36. The number of nitrogen functional groups attached to an aromatic ring is 1. The van der Waals surface area contributed by atoms with Crippen LogP contribution in [0.4, 0.5) is 19.0 Å². The molecule has 0 atom stereocenters. The number of hydrogen-bond acceptors (Lipinski definition) is 4. The SMILES string of the molecule is Nc1cccc(CSc2ccc(C(F)(F)F)cn2)n1. The predicted octanol–water partition coefficient (Wildman–Crippen LogP) is 3.37. The summed E-state index contributed by atoms with van der Waals surface area (Å²) in [6, 6.07) is 7.61. The van der Waals surface area contributed by atoms with Crippen LogP contribution in [0.25, 0.3) is 0 Å². The second-order valence-corrected chi connectivity index (χ2v) is 4.72. The summed E-state index contributed by atoms with van der Waals surface area (Å²) in [6.07, 6.45) is -3.53. The molecule has 19 heavy (non-hydrogen) atoms. The minimum Gasteiger partial charge on any atom is -0.384 e. The first-order chi connectivity index (χ1) is 8.95. The van der Waals surface area contributed by atoms with Crippen LogP contribution in [0.3, 0.4) is 0 Å². The van der Waals surface area contributed by atoms with Crippen molar-refractivity contribution in [3.05, 3.63) is 47.8 Å². The maximum Gasteiger partial charge on any atom is 0.417 e. The first-order valence-electron chi connectivity index (χ1n) is 5.32. The van der Waals surface area contributed by atoms with Gasteiger partial charge >= 0.3 is 6.18 Å². The van der Waals surface area contributed by atoms with Crippen molar-refractivity contribution in [1.29, 1.82) is 0 Å². The lowest BCUT2D eigenvalue weighted by molar-refractivity contribution is -0.137. The van der Waals surface area contributed by atoms with Crippen LogP contribution in [-0.4, -0.2) is 9.97 Å². The molecular formula is C12H10F3N3S. The summed E-state index contributed by atoms with van der Waals surface area (Å²) in [5.41, 5.74) is 5.54. The zero-order valence-corrected chi connectivity index (χ0v) is 10.5. The number of aromatic nitrogens is 2. The Morgan fingerprint density at radius 2 is 1.95 bits per heavy atom. The Balaban J connectivity index is 2.01. The molecule has 0 bridgehead atoms. The lowest BCUT2D eigenvalue weighted by Crippen LogP contribution is -2.05. The Kier molecular flexibility index (Phi) is 3.94. The van der Waals surface area contributed by atoms with Crippen molar-refractivity contribution in [1.82, 2.24) is 9.97 Å². The first kappa shape index (κ1) is 13.7. The van der Waals surface area contributed by atoms with Crippen molar-refractivity contribution in [2.24, 2.45) is 0 Å². The fraction of sp³-hybridized carbons (Fsp3) is 0.167. The van der Waals surface area contributed by atoms with Gasteiger partial charge in [0.25, 0.3) is 0 Å². The van der Waals surface area contributed by atoms with E-state index in [9.17, 15) is 13.2 Å². The number of hydrogen-bond donors (Lipinski definition) is 1. The van der Waals surface area contributed by atoms with Crippen LogP contribution in [-0.2, 0) is 11.9 Å². The number of alkyl halides is 3. The number of halogens is 3. The van der Waals surface area contributed by atoms with E-state index in [2.05, 4.69) is 9.97 Å². The van der Waals surface area contributed by atoms with E-state index < -0.39 is 11.7 Å². The van der Waals surface area contributed by atoms with E-state index in [1.165, 1.54) is 17.8 Å². The molecule has 2 heterocycles. The van der Waals surface area contributed by atoms with Crippen molar-refractivity contribution < 1.29 is 13.2 Å². The first-order valence-corrected chi connectivity index (χ1v) is 6.31. The van der Waals surface area contributed by atoms with Gasteiger partial charge in [-0.3, -0.25) is 0 Å². The Bertz CT molecular complexity index is 555. The minimum atomic E-state index is -4.36. The van der Waals surface area contributed by atoms with E-state index in [1.807, 2.05) is 0 Å². The number of nitrogens with two attached hydrogens (primary N) is 1. The van der Waals surface area contributed by atoms with E-state index >= 15 is 0 Å². The average molecular weight is 285 g/mol. The van der Waals surface area contributed by atoms with Crippen LogP contribution < -0.4 is 5.73 Å². The molecule has 0 saturated carbocycles. The molecule has 0 unspecified atom stereocenters. The summed E-state index contributed by atoms with van der Waals surface area (Å²) < 4.78 is 37.0. The lowest BCUT2D eigenvalue weighted by atomic mass is 10.3. The van der Waals surface area contributed by atoms with Gasteiger partial charge in [-0.25, -0.2) is 9.97 Å². The third kappa shape index (κ3) is 3.85. The van der Waals surface area contributed by atoms with Gasteiger partial charge in [-0.15, -0.1) is 11.8 Å². The summed E-state index contributed by atoms with van der Waals surface area (Å²) in [6.45, 7) is 0. The fourth-order valence-electron chi connectivity index (χ4n) is 1.36. The van der Waals surface area contributed by atoms with Crippen LogP contribution in [0.1, 0.15) is 11.3 Å². The quantitative estimate of drug-likeness (QED) is 0.878. The second kappa shape index (κ2) is 5.48.